The number of hydrogen-bond acceptors (Lipinski definition) is 15. The first-order chi connectivity index (χ1) is 15.4. The third-order valence-corrected chi connectivity index (χ3v) is 6.43. The van der Waals surface area contributed by atoms with Crippen LogP contribution in [0, 0.1) is 0 Å². The maximum absolute atomic E-state index is 10.9. The normalized spacial score (nSPS) is 53.7. The van der Waals surface area contributed by atoms with Crippen molar-refractivity contribution in [1.82, 2.24) is 0 Å². The summed E-state index contributed by atoms with van der Waals surface area (Å²) in [5.74, 6) is 0. The first-order valence-corrected chi connectivity index (χ1v) is 10.8. The molecule has 2 heterocycles. The number of rotatable bonds is 6. The highest BCUT2D eigenvalue weighted by atomic mass is 16.7. The lowest BCUT2D eigenvalue weighted by molar-refractivity contribution is -0.331. The van der Waals surface area contributed by atoms with E-state index in [4.69, 9.17) is 41.9 Å². The zero-order valence-corrected chi connectivity index (χ0v) is 17.9. The summed E-state index contributed by atoms with van der Waals surface area (Å²) in [5.41, 5.74) is 21.3. The predicted molar refractivity (Wildman–Crippen MR) is 108 cm³/mol. The Morgan fingerprint density at radius 1 is 0.848 bits per heavy atom. The molecule has 15 N–H and O–H groups in total. The van der Waals surface area contributed by atoms with Crippen LogP contribution in [0.25, 0.3) is 0 Å². The van der Waals surface area contributed by atoms with Crippen LogP contribution in [0.2, 0.25) is 0 Å². The summed E-state index contributed by atoms with van der Waals surface area (Å²) in [7, 11) is 0. The van der Waals surface area contributed by atoms with Gasteiger partial charge < -0.3 is 77.6 Å². The van der Waals surface area contributed by atoms with Crippen LogP contribution < -0.4 is 22.9 Å². The van der Waals surface area contributed by atoms with Gasteiger partial charge in [0.1, 0.15) is 60.7 Å². The molecule has 0 spiro atoms. The zero-order valence-electron chi connectivity index (χ0n) is 17.9. The molecule has 15 nitrogen and oxygen atoms in total. The van der Waals surface area contributed by atoms with Gasteiger partial charge >= 0.3 is 0 Å². The molecular weight excluding hydrogens is 448 g/mol. The molecule has 3 fully saturated rings. The summed E-state index contributed by atoms with van der Waals surface area (Å²) in [6.07, 6.45) is -15.3. The summed E-state index contributed by atoms with van der Waals surface area (Å²) in [4.78, 5) is 0. The Hall–Kier alpha value is -0.600. The number of hydrogen-bond donors (Lipinski definition) is 11. The fourth-order valence-electron chi connectivity index (χ4n) is 4.44. The molecule has 33 heavy (non-hydrogen) atoms. The molecule has 1 saturated carbocycles. The molecule has 15 heteroatoms. The summed E-state index contributed by atoms with van der Waals surface area (Å²) < 4.78 is 22.3. The van der Waals surface area contributed by atoms with Crippen molar-refractivity contribution in [3.63, 3.8) is 0 Å². The van der Waals surface area contributed by atoms with Crippen molar-refractivity contribution in [2.45, 2.75) is 98.2 Å². The van der Waals surface area contributed by atoms with Crippen LogP contribution in [0.3, 0.4) is 0 Å². The van der Waals surface area contributed by atoms with Gasteiger partial charge in [0, 0.05) is 25.0 Å². The average Bonchev–Trinajstić information content (AvgIpc) is 2.75. The highest BCUT2D eigenvalue weighted by Gasteiger charge is 2.51. The van der Waals surface area contributed by atoms with E-state index in [1.807, 2.05) is 0 Å². The van der Waals surface area contributed by atoms with Gasteiger partial charge in [-0.3, -0.25) is 0 Å². The molecule has 0 amide bonds. The van der Waals surface area contributed by atoms with Gasteiger partial charge in [0.05, 0.1) is 6.61 Å². The highest BCUT2D eigenvalue weighted by Crippen LogP contribution is 2.32. The first-order valence-electron chi connectivity index (χ1n) is 10.8. The molecule has 0 aromatic rings. The van der Waals surface area contributed by atoms with E-state index in [0.717, 1.165) is 0 Å². The van der Waals surface area contributed by atoms with Crippen molar-refractivity contribution in [2.24, 2.45) is 22.9 Å². The van der Waals surface area contributed by atoms with Crippen LogP contribution >= 0.6 is 0 Å². The Morgan fingerprint density at radius 3 is 2.03 bits per heavy atom. The lowest BCUT2D eigenvalue weighted by Gasteiger charge is -2.48. The summed E-state index contributed by atoms with van der Waals surface area (Å²) in [5, 5.41) is 70.8. The van der Waals surface area contributed by atoms with E-state index in [2.05, 4.69) is 0 Å². The van der Waals surface area contributed by atoms with E-state index in [1.165, 1.54) is 0 Å². The molecule has 0 aromatic carbocycles. The van der Waals surface area contributed by atoms with Crippen LogP contribution in [0.5, 0.6) is 0 Å². The molecule has 0 radical (unpaired) electrons. The van der Waals surface area contributed by atoms with Gasteiger partial charge in [-0.25, -0.2) is 0 Å². The summed E-state index contributed by atoms with van der Waals surface area (Å²) >= 11 is 0. The quantitative estimate of drug-likeness (QED) is 0.156. The number of ether oxygens (including phenoxy) is 4. The van der Waals surface area contributed by atoms with Crippen LogP contribution in [-0.2, 0) is 18.9 Å². The molecule has 2 aliphatic heterocycles. The van der Waals surface area contributed by atoms with Crippen molar-refractivity contribution in [3.05, 3.63) is 0 Å². The second kappa shape index (κ2) is 10.6. The third-order valence-electron chi connectivity index (χ3n) is 6.43. The average molecular weight is 485 g/mol. The van der Waals surface area contributed by atoms with Crippen LogP contribution in [0.1, 0.15) is 12.8 Å². The third kappa shape index (κ3) is 5.48. The topological polar surface area (TPSA) is 283 Å². The lowest BCUT2D eigenvalue weighted by atomic mass is 9.84. The van der Waals surface area contributed by atoms with Crippen molar-refractivity contribution in [1.29, 1.82) is 0 Å². The standard InChI is InChI=1S/C18H36N4O11/c19-3-7-10(24)11(25)12(26)17(31-7)33-15-6(21)1-5(20)14(13(15)27)32-9-2-18(22,29)16(28)8(4-23)30-9/h5-17,23-29H,1-4,19-22H2/t5-,6+,7-,8-,9-,10-,11+,12-,13-,14+,15-,16-,17-,18?/m1/s1. The monoisotopic (exact) mass is 484 g/mol. The van der Waals surface area contributed by atoms with Gasteiger partial charge in [-0.05, 0) is 6.42 Å². The molecule has 1 unspecified atom stereocenters. The SMILES string of the molecule is NC[C@H]1O[C@H](O[C@H]2[C@H](O)[C@@H](O[C@@H]3CC(N)(O)[C@H](O)[C@@H](CO)O3)[C@H](N)C[C@@H]2N)[C@H](O)[C@@H](O)[C@@H]1O. The largest absolute Gasteiger partial charge is 0.394 e. The van der Waals surface area contributed by atoms with Crippen molar-refractivity contribution >= 4 is 0 Å². The van der Waals surface area contributed by atoms with Gasteiger partial charge in [-0.15, -0.1) is 0 Å². The van der Waals surface area contributed by atoms with Crippen LogP contribution in [0.15, 0.2) is 0 Å². The molecule has 0 bridgehead atoms. The molecular formula is C18H36N4O11. The van der Waals surface area contributed by atoms with Gasteiger partial charge in [-0.2, -0.15) is 0 Å². The first kappa shape index (κ1) is 27.0. The van der Waals surface area contributed by atoms with Gasteiger partial charge in [0.2, 0.25) is 0 Å². The molecule has 1 aliphatic carbocycles. The Morgan fingerprint density at radius 2 is 1.45 bits per heavy atom. The molecule has 3 aliphatic rings. The van der Waals surface area contributed by atoms with E-state index in [-0.39, 0.29) is 19.4 Å². The van der Waals surface area contributed by atoms with E-state index < -0.39 is 91.9 Å². The van der Waals surface area contributed by atoms with Crippen LogP contribution in [-0.4, -0.2) is 134 Å². The smallest absolute Gasteiger partial charge is 0.187 e. The molecule has 14 atom stereocenters. The van der Waals surface area contributed by atoms with E-state index in [0.29, 0.717) is 0 Å². The molecule has 2 saturated heterocycles. The Labute approximate surface area is 189 Å². The minimum atomic E-state index is -2.12. The highest BCUT2D eigenvalue weighted by molar-refractivity contribution is 5.01. The number of aliphatic hydroxyl groups excluding tert-OH is 6. The van der Waals surface area contributed by atoms with E-state index in [9.17, 15) is 35.7 Å². The predicted octanol–water partition coefficient (Wildman–Crippen LogP) is -6.94. The minimum Gasteiger partial charge on any atom is -0.394 e. The summed E-state index contributed by atoms with van der Waals surface area (Å²) in [6, 6.07) is -1.62. The van der Waals surface area contributed by atoms with Gasteiger partial charge in [0.25, 0.3) is 0 Å². The van der Waals surface area contributed by atoms with Crippen molar-refractivity contribution in [3.8, 4) is 0 Å². The molecule has 3 rings (SSSR count). The molecule has 0 aromatic heterocycles. The van der Waals surface area contributed by atoms with Crippen molar-refractivity contribution in [2.75, 3.05) is 13.2 Å². The lowest BCUT2D eigenvalue weighted by Crippen LogP contribution is -2.68. The van der Waals surface area contributed by atoms with E-state index in [1.54, 1.807) is 0 Å². The fourth-order valence-corrected chi connectivity index (χ4v) is 4.44. The second-order valence-electron chi connectivity index (χ2n) is 8.93. The minimum absolute atomic E-state index is 0.104. The Balaban J connectivity index is 1.71. The summed E-state index contributed by atoms with van der Waals surface area (Å²) in [6.45, 7) is -0.816. The van der Waals surface area contributed by atoms with Gasteiger partial charge in [0.15, 0.2) is 12.6 Å². The van der Waals surface area contributed by atoms with Crippen molar-refractivity contribution < 1.29 is 54.7 Å². The zero-order chi connectivity index (χ0) is 24.7. The maximum Gasteiger partial charge on any atom is 0.187 e. The van der Waals surface area contributed by atoms with E-state index >= 15 is 0 Å². The maximum atomic E-state index is 10.9. The van der Waals surface area contributed by atoms with Gasteiger partial charge in [-0.1, -0.05) is 0 Å². The number of aliphatic hydroxyl groups is 7. The Kier molecular flexibility index (Phi) is 8.65. The number of nitrogens with two attached hydrogens (primary N) is 4. The van der Waals surface area contributed by atoms with Crippen LogP contribution in [0.4, 0.5) is 0 Å². The fraction of sp³-hybridized carbons (Fsp3) is 1.00. The Bertz CT molecular complexity index is 647. The second-order valence-corrected chi connectivity index (χ2v) is 8.93. The molecule has 194 valence electrons.